The van der Waals surface area contributed by atoms with Gasteiger partial charge in [0.1, 0.15) is 5.69 Å². The Kier molecular flexibility index (Phi) is 8.65. The van der Waals surface area contributed by atoms with Crippen molar-refractivity contribution in [3.05, 3.63) is 218 Å². The molecule has 62 heavy (non-hydrogen) atoms. The molecule has 0 saturated carbocycles. The number of rotatable bonds is 7. The zero-order valence-corrected chi connectivity index (χ0v) is 34.3. The quantitative estimate of drug-likeness (QED) is 0.161. The molecule has 8 aromatic carbocycles. The van der Waals surface area contributed by atoms with Crippen LogP contribution in [0.2, 0.25) is 0 Å². The van der Waals surface area contributed by atoms with Gasteiger partial charge in [0.25, 0.3) is 0 Å². The molecule has 4 heterocycles. The summed E-state index contributed by atoms with van der Waals surface area (Å²) in [6.07, 6.45) is 0. The lowest BCUT2D eigenvalue weighted by atomic mass is 9.95. The van der Waals surface area contributed by atoms with Crippen molar-refractivity contribution >= 4 is 47.8 Å². The van der Waals surface area contributed by atoms with E-state index in [-0.39, 0.29) is 0 Å². The second-order valence-corrected chi connectivity index (χ2v) is 16.7. The van der Waals surface area contributed by atoms with Gasteiger partial charge in [-0.3, -0.25) is 0 Å². The third-order valence-electron chi connectivity index (χ3n) is 11.8. The van der Waals surface area contributed by atoms with Crippen LogP contribution in [0, 0.1) is 0 Å². The first-order chi connectivity index (χ1) is 30.7. The van der Waals surface area contributed by atoms with Crippen molar-refractivity contribution in [2.75, 3.05) is 0 Å². The lowest BCUT2D eigenvalue weighted by Crippen LogP contribution is -1.97. The maximum absolute atomic E-state index is 5.44. The minimum atomic E-state index is 0.660. The van der Waals surface area contributed by atoms with Crippen molar-refractivity contribution in [2.45, 2.75) is 0 Å². The highest BCUT2D eigenvalue weighted by molar-refractivity contribution is 7.25. The highest BCUT2D eigenvalue weighted by Crippen LogP contribution is 2.42. The summed E-state index contributed by atoms with van der Waals surface area (Å²) in [4.78, 5) is 10.6. The maximum atomic E-state index is 5.44. The SMILES string of the molecule is c1ccc(-c2cc(-c3cccc(-c4ccc5c(c4)sc4ccccc45)c3)nc(-c3cccc(-c4c(-c5ccccc5)nn5c(-c6ccccc6)cc6ccccc6c45)c3)n2)cc1. The van der Waals surface area contributed by atoms with Crippen molar-refractivity contribution in [3.8, 4) is 78.7 Å². The summed E-state index contributed by atoms with van der Waals surface area (Å²) in [6, 6.07) is 77.3. The summed E-state index contributed by atoms with van der Waals surface area (Å²) in [5.41, 5.74) is 14.3. The predicted molar refractivity (Wildman–Crippen MR) is 259 cm³/mol. The topological polar surface area (TPSA) is 43.1 Å². The molecule has 0 aliphatic rings. The van der Waals surface area contributed by atoms with Crippen LogP contribution in [0.3, 0.4) is 0 Å². The highest BCUT2D eigenvalue weighted by Gasteiger charge is 2.22. The summed E-state index contributed by atoms with van der Waals surface area (Å²) in [5.74, 6) is 0.660. The molecule has 0 aliphatic heterocycles. The Morgan fingerprint density at radius 3 is 1.71 bits per heavy atom. The molecular formula is C57H36N4S. The summed E-state index contributed by atoms with van der Waals surface area (Å²) < 4.78 is 4.73. The van der Waals surface area contributed by atoms with Crippen LogP contribution in [0.25, 0.3) is 115 Å². The van der Waals surface area contributed by atoms with Crippen LogP contribution in [0.4, 0.5) is 0 Å². The Bertz CT molecular complexity index is 3630. The van der Waals surface area contributed by atoms with Gasteiger partial charge in [-0.25, -0.2) is 14.5 Å². The average molecular weight is 809 g/mol. The van der Waals surface area contributed by atoms with E-state index < -0.39 is 0 Å². The van der Waals surface area contributed by atoms with Crippen LogP contribution in [0.1, 0.15) is 0 Å². The number of nitrogens with zero attached hydrogens (tertiary/aromatic N) is 4. The standard InChI is InChI=1S/C57H36N4S/c1-4-16-37(17-5-1)49-36-50(43-24-14-23-40(32-43)41-30-31-48-47-28-12-13-29-52(47)62-53(48)35-41)59-57(58-49)45-26-15-25-44(33-45)54-55(39-20-8-3-9-21-39)60-61-51(38-18-6-2-7-19-38)34-42-22-10-11-27-46(42)56(54)61/h1-36H. The molecule has 0 saturated heterocycles. The third kappa shape index (κ3) is 6.26. The van der Waals surface area contributed by atoms with E-state index in [0.717, 1.165) is 83.6 Å². The second-order valence-electron chi connectivity index (χ2n) is 15.6. The molecule has 0 unspecified atom stereocenters. The predicted octanol–water partition coefficient (Wildman–Crippen LogP) is 15.3. The fraction of sp³-hybridized carbons (Fsp3) is 0. The first-order valence-electron chi connectivity index (χ1n) is 20.8. The van der Waals surface area contributed by atoms with Gasteiger partial charge in [0.05, 0.1) is 22.6 Å². The van der Waals surface area contributed by atoms with Crippen LogP contribution in [0.15, 0.2) is 218 Å². The molecule has 0 spiro atoms. The number of pyridine rings is 1. The number of aromatic nitrogens is 4. The third-order valence-corrected chi connectivity index (χ3v) is 12.9. The van der Waals surface area contributed by atoms with Crippen molar-refractivity contribution < 1.29 is 0 Å². The van der Waals surface area contributed by atoms with Crippen LogP contribution in [-0.2, 0) is 0 Å². The Balaban J connectivity index is 1.04. The minimum absolute atomic E-state index is 0.660. The van der Waals surface area contributed by atoms with Gasteiger partial charge in [0.15, 0.2) is 5.82 Å². The first kappa shape index (κ1) is 35.9. The minimum Gasteiger partial charge on any atom is -0.231 e. The van der Waals surface area contributed by atoms with E-state index in [0.29, 0.717) is 5.82 Å². The molecular weight excluding hydrogens is 773 g/mol. The molecule has 290 valence electrons. The summed E-state index contributed by atoms with van der Waals surface area (Å²) in [6.45, 7) is 0. The molecule has 5 heteroatoms. The fourth-order valence-electron chi connectivity index (χ4n) is 8.83. The molecule has 12 aromatic rings. The molecule has 0 fully saturated rings. The van der Waals surface area contributed by atoms with Crippen molar-refractivity contribution in [1.82, 2.24) is 19.6 Å². The Hall–Kier alpha value is -7.99. The number of fused-ring (bicyclic) bond motifs is 6. The van der Waals surface area contributed by atoms with Crippen LogP contribution in [-0.4, -0.2) is 19.6 Å². The lowest BCUT2D eigenvalue weighted by Gasteiger charge is -2.12. The first-order valence-corrected chi connectivity index (χ1v) is 21.7. The average Bonchev–Trinajstić information content (AvgIpc) is 3.94. The van der Waals surface area contributed by atoms with E-state index in [1.807, 2.05) is 17.4 Å². The monoisotopic (exact) mass is 808 g/mol. The molecule has 4 nitrogen and oxygen atoms in total. The van der Waals surface area contributed by atoms with E-state index in [4.69, 9.17) is 15.1 Å². The number of thiophene rings is 1. The molecule has 4 aromatic heterocycles. The highest BCUT2D eigenvalue weighted by atomic mass is 32.1. The van der Waals surface area contributed by atoms with E-state index >= 15 is 0 Å². The number of benzene rings is 8. The fourth-order valence-corrected chi connectivity index (χ4v) is 9.98. The van der Waals surface area contributed by atoms with Crippen molar-refractivity contribution in [2.24, 2.45) is 0 Å². The van der Waals surface area contributed by atoms with Crippen LogP contribution < -0.4 is 0 Å². The van der Waals surface area contributed by atoms with E-state index in [2.05, 4.69) is 217 Å². The Morgan fingerprint density at radius 1 is 0.355 bits per heavy atom. The van der Waals surface area contributed by atoms with Gasteiger partial charge in [0, 0.05) is 58.9 Å². The van der Waals surface area contributed by atoms with Gasteiger partial charge in [-0.2, -0.15) is 5.10 Å². The molecule has 0 bridgehead atoms. The summed E-state index contributed by atoms with van der Waals surface area (Å²) in [5, 5.41) is 10.3. The molecule has 0 radical (unpaired) electrons. The number of hydrogen-bond acceptors (Lipinski definition) is 4. The van der Waals surface area contributed by atoms with Crippen molar-refractivity contribution in [1.29, 1.82) is 0 Å². The zero-order chi connectivity index (χ0) is 41.0. The smallest absolute Gasteiger partial charge is 0.160 e. The molecule has 0 atom stereocenters. The second kappa shape index (κ2) is 14.9. The lowest BCUT2D eigenvalue weighted by molar-refractivity contribution is 0.979. The Morgan fingerprint density at radius 2 is 0.919 bits per heavy atom. The van der Waals surface area contributed by atoms with E-state index in [1.54, 1.807) is 0 Å². The van der Waals surface area contributed by atoms with Crippen LogP contribution in [0.5, 0.6) is 0 Å². The van der Waals surface area contributed by atoms with E-state index in [9.17, 15) is 0 Å². The van der Waals surface area contributed by atoms with Gasteiger partial charge in [0.2, 0.25) is 0 Å². The zero-order valence-electron chi connectivity index (χ0n) is 33.5. The van der Waals surface area contributed by atoms with Crippen LogP contribution >= 0.6 is 11.3 Å². The van der Waals surface area contributed by atoms with Gasteiger partial charge in [-0.1, -0.05) is 182 Å². The van der Waals surface area contributed by atoms with Gasteiger partial charge in [-0.15, -0.1) is 11.3 Å². The van der Waals surface area contributed by atoms with E-state index in [1.165, 1.54) is 25.7 Å². The number of hydrogen-bond donors (Lipinski definition) is 0. The molecule has 0 amide bonds. The summed E-state index contributed by atoms with van der Waals surface area (Å²) in [7, 11) is 0. The normalized spacial score (nSPS) is 11.5. The Labute approximate surface area is 362 Å². The largest absolute Gasteiger partial charge is 0.231 e. The molecule has 0 N–H and O–H groups in total. The molecule has 0 aliphatic carbocycles. The van der Waals surface area contributed by atoms with Gasteiger partial charge < -0.3 is 0 Å². The summed E-state index contributed by atoms with van der Waals surface area (Å²) >= 11 is 1.84. The van der Waals surface area contributed by atoms with Gasteiger partial charge in [-0.05, 0) is 58.5 Å². The maximum Gasteiger partial charge on any atom is 0.160 e. The van der Waals surface area contributed by atoms with Crippen molar-refractivity contribution in [3.63, 3.8) is 0 Å². The molecule has 12 rings (SSSR count). The van der Waals surface area contributed by atoms with Gasteiger partial charge >= 0.3 is 0 Å².